The molecule has 1 aliphatic rings. The number of ether oxygens (including phenoxy) is 1. The standard InChI is InChI=1S/C13H18F2N2O/c1-9(17-11-6-7-16-8-11)10-2-4-12(5-3-10)18-13(14)15/h2-5,9,11,13,16-17H,6-8H2,1H3. The average Bonchev–Trinajstić information content (AvgIpc) is 2.82. The minimum atomic E-state index is -2.77. The summed E-state index contributed by atoms with van der Waals surface area (Å²) in [6.45, 7) is 1.33. The molecule has 0 spiro atoms. The van der Waals surface area contributed by atoms with Crippen molar-refractivity contribution in [2.24, 2.45) is 0 Å². The molecule has 1 heterocycles. The van der Waals surface area contributed by atoms with E-state index in [1.165, 1.54) is 0 Å². The predicted molar refractivity (Wildman–Crippen MR) is 65.9 cm³/mol. The van der Waals surface area contributed by atoms with E-state index in [-0.39, 0.29) is 11.8 Å². The first-order valence-corrected chi connectivity index (χ1v) is 6.16. The first-order valence-electron chi connectivity index (χ1n) is 6.16. The summed E-state index contributed by atoms with van der Waals surface area (Å²) in [4.78, 5) is 0. The number of nitrogens with one attached hydrogen (secondary N) is 2. The largest absolute Gasteiger partial charge is 0.435 e. The fourth-order valence-corrected chi connectivity index (χ4v) is 2.18. The second kappa shape index (κ2) is 6.11. The van der Waals surface area contributed by atoms with Crippen molar-refractivity contribution in [3.63, 3.8) is 0 Å². The van der Waals surface area contributed by atoms with E-state index >= 15 is 0 Å². The normalized spacial score (nSPS) is 21.2. The van der Waals surface area contributed by atoms with Gasteiger partial charge in [-0.05, 0) is 37.6 Å². The van der Waals surface area contributed by atoms with Crippen molar-refractivity contribution in [1.82, 2.24) is 10.6 Å². The van der Waals surface area contributed by atoms with Gasteiger partial charge in [-0.3, -0.25) is 0 Å². The molecule has 3 nitrogen and oxygen atoms in total. The summed E-state index contributed by atoms with van der Waals surface area (Å²) in [6, 6.07) is 7.47. The van der Waals surface area contributed by atoms with Crippen molar-refractivity contribution >= 4 is 0 Å². The predicted octanol–water partition coefficient (Wildman–Crippen LogP) is 2.30. The third-order valence-corrected chi connectivity index (χ3v) is 3.15. The molecule has 0 saturated carbocycles. The lowest BCUT2D eigenvalue weighted by molar-refractivity contribution is -0.0498. The van der Waals surface area contributed by atoms with Crippen LogP contribution in [-0.2, 0) is 0 Å². The molecule has 1 fully saturated rings. The van der Waals surface area contributed by atoms with Crippen molar-refractivity contribution in [2.45, 2.75) is 32.0 Å². The Morgan fingerprint density at radius 1 is 1.33 bits per heavy atom. The average molecular weight is 256 g/mol. The van der Waals surface area contributed by atoms with E-state index in [1.54, 1.807) is 12.1 Å². The second-order valence-electron chi connectivity index (χ2n) is 4.53. The molecule has 0 radical (unpaired) electrons. The van der Waals surface area contributed by atoms with Gasteiger partial charge in [0.1, 0.15) is 5.75 Å². The van der Waals surface area contributed by atoms with Crippen LogP contribution in [0.2, 0.25) is 0 Å². The maximum Gasteiger partial charge on any atom is 0.387 e. The fourth-order valence-electron chi connectivity index (χ4n) is 2.18. The molecule has 0 bridgehead atoms. The van der Waals surface area contributed by atoms with Gasteiger partial charge < -0.3 is 15.4 Å². The molecule has 2 atom stereocenters. The van der Waals surface area contributed by atoms with Crippen LogP contribution in [0.15, 0.2) is 24.3 Å². The Morgan fingerprint density at radius 3 is 2.61 bits per heavy atom. The van der Waals surface area contributed by atoms with Crippen LogP contribution in [0.25, 0.3) is 0 Å². The minimum absolute atomic E-state index is 0.198. The Kier molecular flexibility index (Phi) is 4.49. The summed E-state index contributed by atoms with van der Waals surface area (Å²) in [5.74, 6) is 0.198. The number of hydrogen-bond donors (Lipinski definition) is 2. The molecule has 0 aliphatic carbocycles. The quantitative estimate of drug-likeness (QED) is 0.848. The Bertz CT molecular complexity index is 364. The molecule has 18 heavy (non-hydrogen) atoms. The van der Waals surface area contributed by atoms with Crippen LogP contribution in [-0.4, -0.2) is 25.7 Å². The van der Waals surface area contributed by atoms with E-state index < -0.39 is 6.61 Å². The molecule has 1 saturated heterocycles. The highest BCUT2D eigenvalue weighted by atomic mass is 19.3. The summed E-state index contributed by atoms with van der Waals surface area (Å²) in [5, 5.41) is 6.80. The van der Waals surface area contributed by atoms with Crippen LogP contribution < -0.4 is 15.4 Å². The highest BCUT2D eigenvalue weighted by Gasteiger charge is 2.17. The van der Waals surface area contributed by atoms with Crippen LogP contribution in [0.4, 0.5) is 8.78 Å². The summed E-state index contributed by atoms with van der Waals surface area (Å²) in [5.41, 5.74) is 1.07. The monoisotopic (exact) mass is 256 g/mol. The van der Waals surface area contributed by atoms with Crippen LogP contribution in [0.5, 0.6) is 5.75 Å². The highest BCUT2D eigenvalue weighted by molar-refractivity contribution is 5.29. The Labute approximate surface area is 106 Å². The molecule has 1 aliphatic heterocycles. The molecular weight excluding hydrogens is 238 g/mol. The third-order valence-electron chi connectivity index (χ3n) is 3.15. The fraction of sp³-hybridized carbons (Fsp3) is 0.538. The Hall–Kier alpha value is -1.20. The number of alkyl halides is 2. The number of hydrogen-bond acceptors (Lipinski definition) is 3. The zero-order valence-corrected chi connectivity index (χ0v) is 10.3. The Morgan fingerprint density at radius 2 is 2.06 bits per heavy atom. The minimum Gasteiger partial charge on any atom is -0.435 e. The van der Waals surface area contributed by atoms with Gasteiger partial charge in [0.05, 0.1) is 0 Å². The number of halogens is 2. The van der Waals surface area contributed by atoms with Gasteiger partial charge in [-0.1, -0.05) is 12.1 Å². The molecule has 2 unspecified atom stereocenters. The lowest BCUT2D eigenvalue weighted by Crippen LogP contribution is -2.33. The van der Waals surface area contributed by atoms with Crippen molar-refractivity contribution in [3.05, 3.63) is 29.8 Å². The second-order valence-corrected chi connectivity index (χ2v) is 4.53. The topological polar surface area (TPSA) is 33.3 Å². The summed E-state index contributed by atoms with van der Waals surface area (Å²) >= 11 is 0. The number of rotatable bonds is 5. The van der Waals surface area contributed by atoms with Crippen molar-refractivity contribution in [2.75, 3.05) is 13.1 Å². The Balaban J connectivity index is 1.91. The van der Waals surface area contributed by atoms with E-state index in [9.17, 15) is 8.78 Å². The van der Waals surface area contributed by atoms with Gasteiger partial charge in [0.2, 0.25) is 0 Å². The van der Waals surface area contributed by atoms with Crippen molar-refractivity contribution in [3.8, 4) is 5.75 Å². The van der Waals surface area contributed by atoms with Crippen LogP contribution in [0.3, 0.4) is 0 Å². The number of benzene rings is 1. The summed E-state index contributed by atoms with van der Waals surface area (Å²) in [6.07, 6.45) is 1.12. The summed E-state index contributed by atoms with van der Waals surface area (Å²) < 4.78 is 28.3. The molecule has 2 N–H and O–H groups in total. The zero-order valence-electron chi connectivity index (χ0n) is 10.3. The van der Waals surface area contributed by atoms with Gasteiger partial charge in [-0.2, -0.15) is 8.78 Å². The van der Waals surface area contributed by atoms with Gasteiger partial charge in [0, 0.05) is 18.6 Å². The maximum atomic E-state index is 12.0. The van der Waals surface area contributed by atoms with Gasteiger partial charge in [-0.25, -0.2) is 0 Å². The van der Waals surface area contributed by atoms with Gasteiger partial charge in [0.15, 0.2) is 0 Å². The lowest BCUT2D eigenvalue weighted by Gasteiger charge is -2.19. The molecule has 100 valence electrons. The third kappa shape index (κ3) is 3.65. The van der Waals surface area contributed by atoms with E-state index in [0.29, 0.717) is 6.04 Å². The molecule has 0 aromatic heterocycles. The van der Waals surface area contributed by atoms with E-state index in [2.05, 4.69) is 22.3 Å². The van der Waals surface area contributed by atoms with Gasteiger partial charge in [-0.15, -0.1) is 0 Å². The van der Waals surface area contributed by atoms with E-state index in [1.807, 2.05) is 12.1 Å². The molecule has 5 heteroatoms. The molecular formula is C13H18F2N2O. The van der Waals surface area contributed by atoms with Crippen molar-refractivity contribution < 1.29 is 13.5 Å². The van der Waals surface area contributed by atoms with Gasteiger partial charge >= 0.3 is 6.61 Å². The van der Waals surface area contributed by atoms with Gasteiger partial charge in [0.25, 0.3) is 0 Å². The first-order chi connectivity index (χ1) is 8.65. The first kappa shape index (κ1) is 13.2. The zero-order chi connectivity index (χ0) is 13.0. The molecule has 1 aromatic carbocycles. The van der Waals surface area contributed by atoms with Crippen LogP contribution in [0.1, 0.15) is 24.9 Å². The smallest absolute Gasteiger partial charge is 0.387 e. The summed E-state index contributed by atoms with van der Waals surface area (Å²) in [7, 11) is 0. The van der Waals surface area contributed by atoms with Crippen LogP contribution in [0, 0.1) is 0 Å². The highest BCUT2D eigenvalue weighted by Crippen LogP contribution is 2.20. The molecule has 1 aromatic rings. The lowest BCUT2D eigenvalue weighted by atomic mass is 10.1. The SMILES string of the molecule is CC(NC1CCNC1)c1ccc(OC(F)F)cc1. The molecule has 2 rings (SSSR count). The van der Waals surface area contributed by atoms with Crippen molar-refractivity contribution in [1.29, 1.82) is 0 Å². The maximum absolute atomic E-state index is 12.0. The van der Waals surface area contributed by atoms with E-state index in [0.717, 1.165) is 25.1 Å². The molecule has 0 amide bonds. The van der Waals surface area contributed by atoms with E-state index in [4.69, 9.17) is 0 Å². The van der Waals surface area contributed by atoms with Crippen LogP contribution >= 0.6 is 0 Å².